The summed E-state index contributed by atoms with van der Waals surface area (Å²) in [5.74, 6) is 2.09. The number of rotatable bonds is 4. The van der Waals surface area contributed by atoms with Crippen LogP contribution < -0.4 is 0 Å². The van der Waals surface area contributed by atoms with Gasteiger partial charge in [0.2, 0.25) is 0 Å². The molecule has 0 amide bonds. The molecule has 2 rings (SSSR count). The van der Waals surface area contributed by atoms with Gasteiger partial charge in [0.25, 0.3) is 5.69 Å². The van der Waals surface area contributed by atoms with Gasteiger partial charge in [0, 0.05) is 23.8 Å². The van der Waals surface area contributed by atoms with Crippen LogP contribution in [0.25, 0.3) is 0 Å². The predicted molar refractivity (Wildman–Crippen MR) is 67.2 cm³/mol. The van der Waals surface area contributed by atoms with Crippen LogP contribution >= 0.6 is 11.8 Å². The summed E-state index contributed by atoms with van der Waals surface area (Å²) in [5, 5.41) is 10.5. The number of hydrogen-bond donors (Lipinski definition) is 0. The van der Waals surface area contributed by atoms with Gasteiger partial charge < -0.3 is 0 Å². The van der Waals surface area contributed by atoms with Gasteiger partial charge in [0.05, 0.1) is 10.7 Å². The quantitative estimate of drug-likeness (QED) is 0.609. The summed E-state index contributed by atoms with van der Waals surface area (Å²) in [6, 6.07) is 6.57. The summed E-state index contributed by atoms with van der Waals surface area (Å²) >= 11 is 1.69. The van der Waals surface area contributed by atoms with Gasteiger partial charge in [-0.2, -0.15) is 11.8 Å². The van der Waals surface area contributed by atoms with Crippen molar-refractivity contribution in [1.29, 1.82) is 0 Å². The van der Waals surface area contributed by atoms with Gasteiger partial charge in [-0.25, -0.2) is 0 Å². The van der Waals surface area contributed by atoms with Gasteiger partial charge in [-0.1, -0.05) is 12.1 Å². The second-order valence-corrected chi connectivity index (χ2v) is 5.17. The Balaban J connectivity index is 1.91. The lowest BCUT2D eigenvalue weighted by Gasteiger charge is -2.06. The van der Waals surface area contributed by atoms with Crippen LogP contribution in [-0.4, -0.2) is 22.2 Å². The van der Waals surface area contributed by atoms with E-state index >= 15 is 0 Å². The first-order chi connectivity index (χ1) is 8.16. The highest BCUT2D eigenvalue weighted by Crippen LogP contribution is 2.24. The molecule has 4 nitrogen and oxygen atoms in total. The lowest BCUT2D eigenvalue weighted by Crippen LogP contribution is -2.11. The number of Topliss-reactive ketones (excluding diaryl/α,β-unsaturated/α-hetero) is 1. The maximum absolute atomic E-state index is 11.4. The molecule has 1 aromatic carbocycles. The Morgan fingerprint density at radius 3 is 2.59 bits per heavy atom. The molecule has 0 N–H and O–H groups in total. The number of aryl methyl sites for hydroxylation is 1. The molecule has 5 heteroatoms. The number of nitro benzene ring substituents is 1. The molecule has 1 aliphatic rings. The van der Waals surface area contributed by atoms with E-state index in [-0.39, 0.29) is 11.6 Å². The fourth-order valence-electron chi connectivity index (χ4n) is 1.88. The zero-order valence-electron chi connectivity index (χ0n) is 9.30. The van der Waals surface area contributed by atoms with Crippen LogP contribution in [0.4, 0.5) is 5.69 Å². The van der Waals surface area contributed by atoms with Crippen molar-refractivity contribution in [2.24, 2.45) is 5.92 Å². The van der Waals surface area contributed by atoms with E-state index in [0.29, 0.717) is 11.5 Å². The van der Waals surface area contributed by atoms with Gasteiger partial charge in [0.1, 0.15) is 5.78 Å². The first-order valence-corrected chi connectivity index (χ1v) is 6.66. The third kappa shape index (κ3) is 3.06. The molecule has 1 fully saturated rings. The number of nitro groups is 1. The molecular formula is C12H13NO3S. The van der Waals surface area contributed by atoms with Gasteiger partial charge in [-0.05, 0) is 18.4 Å². The summed E-state index contributed by atoms with van der Waals surface area (Å²) in [6.07, 6.45) is 1.67. The fourth-order valence-corrected chi connectivity index (χ4v) is 3.07. The number of benzene rings is 1. The normalized spacial score (nSPS) is 19.5. The van der Waals surface area contributed by atoms with Crippen molar-refractivity contribution in [2.75, 3.05) is 11.5 Å². The molecule has 0 spiro atoms. The van der Waals surface area contributed by atoms with Crippen LogP contribution in [0.5, 0.6) is 0 Å². The Morgan fingerprint density at radius 1 is 1.35 bits per heavy atom. The van der Waals surface area contributed by atoms with E-state index in [9.17, 15) is 14.9 Å². The summed E-state index contributed by atoms with van der Waals surface area (Å²) in [4.78, 5) is 21.5. The molecule has 1 aliphatic heterocycles. The van der Waals surface area contributed by atoms with Crippen LogP contribution in [0.15, 0.2) is 24.3 Å². The Morgan fingerprint density at radius 2 is 2.06 bits per heavy atom. The Bertz CT molecular complexity index is 430. The van der Waals surface area contributed by atoms with E-state index in [4.69, 9.17) is 0 Å². The minimum absolute atomic E-state index is 0.112. The molecule has 1 aromatic rings. The first kappa shape index (κ1) is 12.1. The summed E-state index contributed by atoms with van der Waals surface area (Å²) < 4.78 is 0. The number of non-ortho nitro benzene ring substituents is 1. The van der Waals surface area contributed by atoms with E-state index in [1.54, 1.807) is 23.9 Å². The van der Waals surface area contributed by atoms with Crippen LogP contribution in [0.1, 0.15) is 12.0 Å². The number of hydrogen-bond acceptors (Lipinski definition) is 4. The van der Waals surface area contributed by atoms with E-state index in [2.05, 4.69) is 0 Å². The molecule has 1 unspecified atom stereocenters. The molecule has 17 heavy (non-hydrogen) atoms. The SMILES string of the molecule is O=C1CSCC1CCc1ccc([N+](=O)[O-])cc1. The highest BCUT2D eigenvalue weighted by molar-refractivity contribution is 8.00. The number of carbonyl (C=O) groups excluding carboxylic acids is 1. The van der Waals surface area contributed by atoms with E-state index in [0.717, 1.165) is 24.2 Å². The lowest BCUT2D eigenvalue weighted by molar-refractivity contribution is -0.384. The molecule has 0 aromatic heterocycles. The van der Waals surface area contributed by atoms with Crippen molar-refractivity contribution < 1.29 is 9.72 Å². The third-order valence-corrected chi connectivity index (χ3v) is 4.07. The second-order valence-electron chi connectivity index (χ2n) is 4.14. The van der Waals surface area contributed by atoms with Crippen LogP contribution in [-0.2, 0) is 11.2 Å². The molecule has 90 valence electrons. The molecule has 1 atom stereocenters. The van der Waals surface area contributed by atoms with Gasteiger partial charge in [-0.15, -0.1) is 0 Å². The van der Waals surface area contributed by atoms with E-state index in [1.807, 2.05) is 0 Å². The number of nitrogens with zero attached hydrogens (tertiary/aromatic N) is 1. The lowest BCUT2D eigenvalue weighted by atomic mass is 9.98. The van der Waals surface area contributed by atoms with E-state index < -0.39 is 4.92 Å². The molecule has 0 bridgehead atoms. The Hall–Kier alpha value is -1.36. The van der Waals surface area contributed by atoms with Gasteiger partial charge >= 0.3 is 0 Å². The number of carbonyl (C=O) groups is 1. The molecule has 1 saturated heterocycles. The fraction of sp³-hybridized carbons (Fsp3) is 0.417. The maximum Gasteiger partial charge on any atom is 0.269 e. The van der Waals surface area contributed by atoms with Crippen LogP contribution in [0, 0.1) is 16.0 Å². The van der Waals surface area contributed by atoms with Crippen molar-refractivity contribution >= 4 is 23.2 Å². The highest BCUT2D eigenvalue weighted by Gasteiger charge is 2.24. The molecule has 0 aliphatic carbocycles. The maximum atomic E-state index is 11.4. The Labute approximate surface area is 104 Å². The molecule has 1 heterocycles. The van der Waals surface area contributed by atoms with Crippen molar-refractivity contribution in [2.45, 2.75) is 12.8 Å². The Kier molecular flexibility index (Phi) is 3.78. The largest absolute Gasteiger partial charge is 0.298 e. The second kappa shape index (κ2) is 5.31. The minimum Gasteiger partial charge on any atom is -0.298 e. The first-order valence-electron chi connectivity index (χ1n) is 5.50. The summed E-state index contributed by atoms with van der Waals surface area (Å²) in [6.45, 7) is 0. The van der Waals surface area contributed by atoms with Crippen molar-refractivity contribution in [3.63, 3.8) is 0 Å². The molecule has 0 saturated carbocycles. The van der Waals surface area contributed by atoms with Gasteiger partial charge in [-0.3, -0.25) is 14.9 Å². The highest BCUT2D eigenvalue weighted by atomic mass is 32.2. The smallest absolute Gasteiger partial charge is 0.269 e. The minimum atomic E-state index is -0.402. The standard InChI is InChI=1S/C12H13NO3S/c14-12-8-17-7-10(12)4-1-9-2-5-11(6-3-9)13(15)16/h2-3,5-6,10H,1,4,7-8H2. The van der Waals surface area contributed by atoms with Crippen LogP contribution in [0.2, 0.25) is 0 Å². The van der Waals surface area contributed by atoms with Crippen LogP contribution in [0.3, 0.4) is 0 Å². The van der Waals surface area contributed by atoms with Crippen molar-refractivity contribution in [1.82, 2.24) is 0 Å². The third-order valence-electron chi connectivity index (χ3n) is 2.95. The van der Waals surface area contributed by atoms with E-state index in [1.165, 1.54) is 12.1 Å². The predicted octanol–water partition coefficient (Wildman–Crippen LogP) is 2.46. The number of ketones is 1. The topological polar surface area (TPSA) is 60.2 Å². The van der Waals surface area contributed by atoms with Crippen molar-refractivity contribution in [3.05, 3.63) is 39.9 Å². The average Bonchev–Trinajstić information content (AvgIpc) is 2.73. The molecular weight excluding hydrogens is 238 g/mol. The van der Waals surface area contributed by atoms with Crippen molar-refractivity contribution in [3.8, 4) is 0 Å². The zero-order valence-corrected chi connectivity index (χ0v) is 10.1. The average molecular weight is 251 g/mol. The van der Waals surface area contributed by atoms with Gasteiger partial charge in [0.15, 0.2) is 0 Å². The zero-order chi connectivity index (χ0) is 12.3. The monoisotopic (exact) mass is 251 g/mol. The summed E-state index contributed by atoms with van der Waals surface area (Å²) in [7, 11) is 0. The molecule has 0 radical (unpaired) electrons. The number of thioether (sulfide) groups is 1. The summed E-state index contributed by atoms with van der Waals surface area (Å²) in [5.41, 5.74) is 1.17.